The van der Waals surface area contributed by atoms with E-state index in [1.807, 2.05) is 26.8 Å². The van der Waals surface area contributed by atoms with E-state index in [0.29, 0.717) is 0 Å². The van der Waals surface area contributed by atoms with E-state index in [1.54, 1.807) is 0 Å². The Balaban J connectivity index is 3.01. The molecule has 1 atom stereocenters. The number of nitrogens with zero attached hydrogens (tertiary/aromatic N) is 3. The van der Waals surface area contributed by atoms with Crippen molar-refractivity contribution in [2.24, 2.45) is 5.11 Å². The van der Waals surface area contributed by atoms with Crippen LogP contribution in [0.4, 0.5) is 0 Å². The molecule has 0 saturated heterocycles. The van der Waals surface area contributed by atoms with E-state index in [-0.39, 0.29) is 6.04 Å². The van der Waals surface area contributed by atoms with E-state index >= 15 is 0 Å². The van der Waals surface area contributed by atoms with Gasteiger partial charge in [0.15, 0.2) is 0 Å². The third-order valence-electron chi connectivity index (χ3n) is 1.75. The van der Waals surface area contributed by atoms with Gasteiger partial charge >= 0.3 is 0 Å². The third kappa shape index (κ3) is 1.60. The summed E-state index contributed by atoms with van der Waals surface area (Å²) in [5.74, 6) is 1.68. The first-order chi connectivity index (χ1) is 5.65. The highest BCUT2D eigenvalue weighted by molar-refractivity contribution is 5.23. The highest BCUT2D eigenvalue weighted by Crippen LogP contribution is 2.23. The lowest BCUT2D eigenvalue weighted by molar-refractivity contribution is 0.499. The zero-order chi connectivity index (χ0) is 9.14. The number of furan rings is 1. The van der Waals surface area contributed by atoms with Crippen molar-refractivity contribution in [3.05, 3.63) is 33.6 Å². The minimum atomic E-state index is -0.146. The monoisotopic (exact) mass is 165 g/mol. The highest BCUT2D eigenvalue weighted by atomic mass is 16.3. The van der Waals surface area contributed by atoms with Crippen LogP contribution in [0.5, 0.6) is 0 Å². The van der Waals surface area contributed by atoms with Gasteiger partial charge in [-0.1, -0.05) is 12.0 Å². The summed E-state index contributed by atoms with van der Waals surface area (Å²) in [4.78, 5) is 2.75. The lowest BCUT2D eigenvalue weighted by atomic mass is 10.1. The fourth-order valence-electron chi connectivity index (χ4n) is 1.20. The molecule has 1 rings (SSSR count). The SMILES string of the molecule is Cc1cc([C@H](C)N=[N+]=[N-])c(C)o1. The summed E-state index contributed by atoms with van der Waals surface area (Å²) in [6, 6.07) is 1.75. The summed E-state index contributed by atoms with van der Waals surface area (Å²) in [6.07, 6.45) is 0. The van der Waals surface area contributed by atoms with Gasteiger partial charge in [0.05, 0.1) is 6.04 Å². The van der Waals surface area contributed by atoms with Crippen LogP contribution in [0.3, 0.4) is 0 Å². The Labute approximate surface area is 70.8 Å². The van der Waals surface area contributed by atoms with Crippen LogP contribution in [-0.4, -0.2) is 0 Å². The van der Waals surface area contributed by atoms with E-state index in [2.05, 4.69) is 10.0 Å². The Morgan fingerprint density at radius 2 is 2.25 bits per heavy atom. The zero-order valence-electron chi connectivity index (χ0n) is 7.40. The highest BCUT2D eigenvalue weighted by Gasteiger charge is 2.10. The van der Waals surface area contributed by atoms with Gasteiger partial charge in [-0.25, -0.2) is 0 Å². The first-order valence-electron chi connectivity index (χ1n) is 3.76. The number of hydrogen-bond acceptors (Lipinski definition) is 2. The molecule has 12 heavy (non-hydrogen) atoms. The summed E-state index contributed by atoms with van der Waals surface area (Å²) in [6.45, 7) is 5.59. The molecule has 0 unspecified atom stereocenters. The summed E-state index contributed by atoms with van der Waals surface area (Å²) in [5, 5.41) is 3.59. The minimum Gasteiger partial charge on any atom is -0.466 e. The Hall–Kier alpha value is -1.41. The molecule has 0 bridgehead atoms. The number of hydrogen-bond donors (Lipinski definition) is 0. The van der Waals surface area contributed by atoms with E-state index in [9.17, 15) is 0 Å². The van der Waals surface area contributed by atoms with Crippen molar-refractivity contribution in [2.75, 3.05) is 0 Å². The molecule has 1 heterocycles. The topological polar surface area (TPSA) is 61.9 Å². The zero-order valence-corrected chi connectivity index (χ0v) is 7.40. The van der Waals surface area contributed by atoms with Gasteiger partial charge in [-0.3, -0.25) is 0 Å². The summed E-state index contributed by atoms with van der Waals surface area (Å²) in [5.41, 5.74) is 9.19. The van der Waals surface area contributed by atoms with E-state index in [0.717, 1.165) is 17.1 Å². The first-order valence-corrected chi connectivity index (χ1v) is 3.76. The molecule has 0 aliphatic carbocycles. The molecule has 4 heteroatoms. The molecule has 64 valence electrons. The quantitative estimate of drug-likeness (QED) is 0.377. The second-order valence-electron chi connectivity index (χ2n) is 2.75. The average molecular weight is 165 g/mol. The van der Waals surface area contributed by atoms with Gasteiger partial charge in [-0.05, 0) is 25.4 Å². The first kappa shape index (κ1) is 8.68. The van der Waals surface area contributed by atoms with Gasteiger partial charge in [0.25, 0.3) is 0 Å². The van der Waals surface area contributed by atoms with Gasteiger partial charge in [-0.15, -0.1) is 0 Å². The molecule has 1 aromatic heterocycles. The van der Waals surface area contributed by atoms with E-state index in [1.165, 1.54) is 0 Å². The molecule has 0 radical (unpaired) electrons. The maximum atomic E-state index is 8.22. The van der Waals surface area contributed by atoms with Crippen molar-refractivity contribution >= 4 is 0 Å². The van der Waals surface area contributed by atoms with Crippen molar-refractivity contribution in [1.29, 1.82) is 0 Å². The van der Waals surface area contributed by atoms with Crippen LogP contribution >= 0.6 is 0 Å². The van der Waals surface area contributed by atoms with Crippen molar-refractivity contribution in [1.82, 2.24) is 0 Å². The normalized spacial score (nSPS) is 12.2. The van der Waals surface area contributed by atoms with E-state index in [4.69, 9.17) is 9.95 Å². The molecule has 4 nitrogen and oxygen atoms in total. The maximum absolute atomic E-state index is 8.22. The molecule has 0 N–H and O–H groups in total. The van der Waals surface area contributed by atoms with Crippen LogP contribution in [-0.2, 0) is 0 Å². The standard InChI is InChI=1S/C8H11N3O/c1-5-4-8(7(3)12-5)6(2)10-11-9/h4,6H,1-3H3/t6-/m0/s1. The lowest BCUT2D eigenvalue weighted by Gasteiger charge is -1.99. The number of rotatable bonds is 2. The van der Waals surface area contributed by atoms with Crippen molar-refractivity contribution in [2.45, 2.75) is 26.8 Å². The van der Waals surface area contributed by atoms with Gasteiger partial charge in [0, 0.05) is 10.5 Å². The Kier molecular flexibility index (Phi) is 2.41. The van der Waals surface area contributed by atoms with Crippen molar-refractivity contribution < 1.29 is 4.42 Å². The second kappa shape index (κ2) is 3.32. The number of aryl methyl sites for hydroxylation is 2. The van der Waals surface area contributed by atoms with Crippen LogP contribution in [0.1, 0.15) is 30.0 Å². The molecule has 0 spiro atoms. The van der Waals surface area contributed by atoms with Crippen LogP contribution in [0.2, 0.25) is 0 Å². The van der Waals surface area contributed by atoms with Gasteiger partial charge in [-0.2, -0.15) is 0 Å². The molecule has 0 aliphatic heterocycles. The Morgan fingerprint density at radius 1 is 1.58 bits per heavy atom. The molecular formula is C8H11N3O. The van der Waals surface area contributed by atoms with Crippen LogP contribution in [0.15, 0.2) is 15.6 Å². The number of azide groups is 1. The van der Waals surface area contributed by atoms with Crippen molar-refractivity contribution in [3.63, 3.8) is 0 Å². The molecule has 0 aromatic carbocycles. The van der Waals surface area contributed by atoms with Gasteiger partial charge in [0.1, 0.15) is 11.5 Å². The smallest absolute Gasteiger partial charge is 0.104 e. The molecule has 1 aromatic rings. The molecule has 0 fully saturated rings. The molecule has 0 aliphatic rings. The molecular weight excluding hydrogens is 154 g/mol. The predicted molar refractivity (Wildman–Crippen MR) is 45.7 cm³/mol. The molecule has 0 saturated carbocycles. The second-order valence-corrected chi connectivity index (χ2v) is 2.75. The largest absolute Gasteiger partial charge is 0.466 e. The van der Waals surface area contributed by atoms with Crippen LogP contribution in [0.25, 0.3) is 10.4 Å². The summed E-state index contributed by atoms with van der Waals surface area (Å²) in [7, 11) is 0. The maximum Gasteiger partial charge on any atom is 0.104 e. The average Bonchev–Trinajstić information content (AvgIpc) is 2.30. The predicted octanol–water partition coefficient (Wildman–Crippen LogP) is 3.27. The van der Waals surface area contributed by atoms with Crippen molar-refractivity contribution in [3.8, 4) is 0 Å². The Morgan fingerprint density at radius 3 is 2.67 bits per heavy atom. The van der Waals surface area contributed by atoms with E-state index < -0.39 is 0 Å². The summed E-state index contributed by atoms with van der Waals surface area (Å²) >= 11 is 0. The summed E-state index contributed by atoms with van der Waals surface area (Å²) < 4.78 is 5.30. The third-order valence-corrected chi connectivity index (χ3v) is 1.75. The van der Waals surface area contributed by atoms with Crippen LogP contribution in [0, 0.1) is 13.8 Å². The minimum absolute atomic E-state index is 0.146. The fraction of sp³-hybridized carbons (Fsp3) is 0.500. The van der Waals surface area contributed by atoms with Crippen LogP contribution < -0.4 is 0 Å². The Bertz CT molecular complexity index is 323. The lowest BCUT2D eigenvalue weighted by Crippen LogP contribution is -1.86. The fourth-order valence-corrected chi connectivity index (χ4v) is 1.20. The van der Waals surface area contributed by atoms with Gasteiger partial charge in [0.2, 0.25) is 0 Å². The molecule has 0 amide bonds. The van der Waals surface area contributed by atoms with Gasteiger partial charge < -0.3 is 4.42 Å².